The van der Waals surface area contributed by atoms with Gasteiger partial charge in [0.25, 0.3) is 0 Å². The van der Waals surface area contributed by atoms with Crippen LogP contribution in [0, 0.1) is 0 Å². The van der Waals surface area contributed by atoms with Crippen molar-refractivity contribution >= 4 is 46.3 Å². The maximum Gasteiger partial charge on any atom is 0.216 e. The fourth-order valence-electron chi connectivity index (χ4n) is 0.123. The van der Waals surface area contributed by atoms with E-state index in [1.54, 1.807) is 0 Å². The van der Waals surface area contributed by atoms with E-state index in [0.29, 0.717) is 11.0 Å². The monoisotopic (exact) mass is 201 g/mol. The third-order valence-electron chi connectivity index (χ3n) is 0.268. The van der Waals surface area contributed by atoms with Gasteiger partial charge in [0, 0.05) is 0 Å². The Morgan fingerprint density at radius 1 is 1.90 bits per heavy atom. The molecule has 3 nitrogen and oxygen atoms in total. The lowest BCUT2D eigenvalue weighted by atomic mass is 10.9. The van der Waals surface area contributed by atoms with Crippen molar-refractivity contribution < 1.29 is 14.6 Å². The van der Waals surface area contributed by atoms with Crippen molar-refractivity contribution in [3.8, 4) is 0 Å². The number of ether oxygens (including phenoxy) is 1. The molecule has 0 aromatic carbocycles. The van der Waals surface area contributed by atoms with E-state index in [1.807, 2.05) is 6.92 Å². The molecule has 0 aliphatic carbocycles. The number of hydrogen-bond acceptors (Lipinski definition) is 4. The van der Waals surface area contributed by atoms with Gasteiger partial charge in [0.15, 0.2) is 0 Å². The van der Waals surface area contributed by atoms with E-state index in [2.05, 4.69) is 41.2 Å². The zero-order chi connectivity index (χ0) is 8.57. The van der Waals surface area contributed by atoms with Gasteiger partial charge in [0.05, 0.1) is 6.61 Å². The Labute approximate surface area is 74.7 Å². The van der Waals surface area contributed by atoms with Crippen molar-refractivity contribution in [2.75, 3.05) is 6.61 Å². The lowest BCUT2D eigenvalue weighted by Crippen LogP contribution is -2.11. The molecular weight excluding hydrogens is 196 g/mol. The molecule has 0 amide bonds. The summed E-state index contributed by atoms with van der Waals surface area (Å²) in [6.45, 7) is 2.48. The van der Waals surface area contributed by atoms with Crippen LogP contribution >= 0.6 is 36.4 Å². The molecule has 10 heavy (non-hydrogen) atoms. The predicted octanol–water partition coefficient (Wildman–Crippen LogP) is 0.806. The lowest BCUT2D eigenvalue weighted by Gasteiger charge is -1.92. The lowest BCUT2D eigenvalue weighted by molar-refractivity contribution is -0.233. The van der Waals surface area contributed by atoms with E-state index >= 15 is 0 Å². The van der Waals surface area contributed by atoms with Gasteiger partial charge in [-0.2, -0.15) is 0 Å². The molecule has 0 saturated heterocycles. The highest BCUT2D eigenvalue weighted by Crippen LogP contribution is 1.83. The van der Waals surface area contributed by atoms with Crippen molar-refractivity contribution in [3.05, 3.63) is 0 Å². The van der Waals surface area contributed by atoms with E-state index in [4.69, 9.17) is 9.90 Å². The minimum absolute atomic E-state index is 0.317. The summed E-state index contributed by atoms with van der Waals surface area (Å²) in [5, 5.41) is 8.65. The van der Waals surface area contributed by atoms with Gasteiger partial charge in [0.2, 0.25) is 4.38 Å². The van der Waals surface area contributed by atoms with E-state index in [1.165, 1.54) is 0 Å². The van der Waals surface area contributed by atoms with E-state index in [9.17, 15) is 0 Å². The SMILES string of the molecule is CCOC(=S)S.O=C([O-])Cl. The minimum atomic E-state index is -1.61. The van der Waals surface area contributed by atoms with Gasteiger partial charge in [-0.25, -0.2) is 0 Å². The standard InChI is InChI=1S/C3H6OS2.CHClO2/c1-2-4-3(5)6;2-1(3)4/h2H2,1H3,(H,5,6);(H,3,4)/p-1. The number of carbonyl (C=O) groups excluding carboxylic acids is 1. The summed E-state index contributed by atoms with van der Waals surface area (Å²) in [5.74, 6) is 0. The fourth-order valence-corrected chi connectivity index (χ4v) is 0.370. The molecule has 0 heterocycles. The number of thiocarbonyl (C=S) groups is 1. The number of halogens is 1. The van der Waals surface area contributed by atoms with Crippen LogP contribution in [-0.4, -0.2) is 16.4 Å². The van der Waals surface area contributed by atoms with Gasteiger partial charge in [-0.15, -0.1) is 0 Å². The molecule has 60 valence electrons. The molecule has 0 aliphatic heterocycles. The Bertz CT molecular complexity index is 113. The Hall–Kier alpha value is -0.0000000000000000555. The summed E-state index contributed by atoms with van der Waals surface area (Å²) in [6, 6.07) is 0. The highest BCUT2D eigenvalue weighted by atomic mass is 35.5. The molecule has 0 saturated carbocycles. The molecule has 0 aliphatic rings. The normalized spacial score (nSPS) is 7.10. The first-order valence-electron chi connectivity index (χ1n) is 2.22. The van der Waals surface area contributed by atoms with Crippen molar-refractivity contribution in [2.45, 2.75) is 6.92 Å². The van der Waals surface area contributed by atoms with Gasteiger partial charge in [-0.3, -0.25) is 0 Å². The molecular formula is C4H6ClO3S2-. The van der Waals surface area contributed by atoms with Crippen molar-refractivity contribution in [2.24, 2.45) is 0 Å². The number of carbonyl (C=O) groups is 1. The summed E-state index contributed by atoms with van der Waals surface area (Å²) in [7, 11) is 0. The third-order valence-corrected chi connectivity index (χ3v) is 0.515. The molecule has 0 N–H and O–H groups in total. The average molecular weight is 202 g/mol. The molecule has 0 unspecified atom stereocenters. The molecule has 0 aromatic rings. The first-order chi connectivity index (χ1) is 4.50. The van der Waals surface area contributed by atoms with Crippen LogP contribution in [0.25, 0.3) is 0 Å². The smallest absolute Gasteiger partial charge is 0.216 e. The second-order valence-electron chi connectivity index (χ2n) is 0.937. The Balaban J connectivity index is 0. The second kappa shape index (κ2) is 9.00. The van der Waals surface area contributed by atoms with Crippen LogP contribution in [0.4, 0.5) is 4.79 Å². The molecule has 0 rings (SSSR count). The zero-order valence-electron chi connectivity index (χ0n) is 5.17. The predicted molar refractivity (Wildman–Crippen MR) is 44.5 cm³/mol. The Morgan fingerprint density at radius 3 is 2.20 bits per heavy atom. The van der Waals surface area contributed by atoms with Gasteiger partial charge in [0.1, 0.15) is 5.43 Å². The highest BCUT2D eigenvalue weighted by Gasteiger charge is 1.77. The van der Waals surface area contributed by atoms with Gasteiger partial charge in [-0.05, 0) is 19.1 Å². The van der Waals surface area contributed by atoms with Crippen LogP contribution in [0.15, 0.2) is 0 Å². The van der Waals surface area contributed by atoms with E-state index < -0.39 is 5.43 Å². The molecule has 0 radical (unpaired) electrons. The number of thiol groups is 1. The van der Waals surface area contributed by atoms with Crippen molar-refractivity contribution in [1.29, 1.82) is 0 Å². The molecule has 0 aromatic heterocycles. The molecule has 0 bridgehead atoms. The van der Waals surface area contributed by atoms with E-state index in [-0.39, 0.29) is 0 Å². The summed E-state index contributed by atoms with van der Waals surface area (Å²) < 4.78 is 4.95. The van der Waals surface area contributed by atoms with Crippen molar-refractivity contribution in [1.82, 2.24) is 0 Å². The Morgan fingerprint density at radius 2 is 2.20 bits per heavy atom. The fraction of sp³-hybridized carbons (Fsp3) is 0.500. The topological polar surface area (TPSA) is 49.4 Å². The average Bonchev–Trinajstić information content (AvgIpc) is 1.62. The second-order valence-corrected chi connectivity index (χ2v) is 2.32. The van der Waals surface area contributed by atoms with Gasteiger partial charge < -0.3 is 14.6 Å². The van der Waals surface area contributed by atoms with Crippen LogP contribution in [0.3, 0.4) is 0 Å². The van der Waals surface area contributed by atoms with Crippen LogP contribution < -0.4 is 5.11 Å². The van der Waals surface area contributed by atoms with Crippen LogP contribution in [0.5, 0.6) is 0 Å². The van der Waals surface area contributed by atoms with E-state index in [0.717, 1.165) is 0 Å². The van der Waals surface area contributed by atoms with Crippen LogP contribution in [-0.2, 0) is 4.74 Å². The molecule has 6 heteroatoms. The largest absolute Gasteiger partial charge is 0.534 e. The quantitative estimate of drug-likeness (QED) is 0.388. The number of rotatable bonds is 1. The van der Waals surface area contributed by atoms with Crippen LogP contribution in [0.2, 0.25) is 0 Å². The van der Waals surface area contributed by atoms with Gasteiger partial charge >= 0.3 is 0 Å². The maximum atomic E-state index is 8.65. The Kier molecular flexibility index (Phi) is 11.4. The third kappa shape index (κ3) is 43.6. The number of carboxylic acid groups (broad SMARTS) is 1. The molecule has 0 spiro atoms. The zero-order valence-corrected chi connectivity index (χ0v) is 7.63. The first-order valence-corrected chi connectivity index (χ1v) is 3.46. The number of hydrogen-bond donors (Lipinski definition) is 1. The molecule has 0 atom stereocenters. The summed E-state index contributed by atoms with van der Waals surface area (Å²) >= 11 is 12.2. The first kappa shape index (κ1) is 12.7. The van der Waals surface area contributed by atoms with Crippen molar-refractivity contribution in [3.63, 3.8) is 0 Å². The summed E-state index contributed by atoms with van der Waals surface area (Å²) in [6.07, 6.45) is 0. The molecule has 0 fully saturated rings. The summed E-state index contributed by atoms with van der Waals surface area (Å²) in [4.78, 5) is 8.65. The van der Waals surface area contributed by atoms with Gasteiger partial charge in [-0.1, -0.05) is 24.2 Å². The maximum absolute atomic E-state index is 8.65. The van der Waals surface area contributed by atoms with Crippen LogP contribution in [0.1, 0.15) is 6.92 Å². The summed E-state index contributed by atoms with van der Waals surface area (Å²) in [5.41, 5.74) is -1.61. The minimum Gasteiger partial charge on any atom is -0.534 e. The highest BCUT2D eigenvalue weighted by molar-refractivity contribution is 8.10.